The Morgan fingerprint density at radius 2 is 1.11 bits per heavy atom. The first-order valence-electron chi connectivity index (χ1n) is 13.4. The Morgan fingerprint density at radius 3 is 1.85 bits per heavy atom. The van der Waals surface area contributed by atoms with Crippen LogP contribution in [0.5, 0.6) is 0 Å². The number of hydrogen-bond acceptors (Lipinski definition) is 0. The van der Waals surface area contributed by atoms with E-state index in [4.69, 9.17) is 0 Å². The predicted molar refractivity (Wildman–Crippen MR) is 120 cm³/mol. The summed E-state index contributed by atoms with van der Waals surface area (Å²) in [5.74, 6) is 5.69. The number of fused-ring (bicyclic) bond motifs is 3. The maximum atomic E-state index is 2.31. The third-order valence-electron chi connectivity index (χ3n) is 8.83. The van der Waals surface area contributed by atoms with Gasteiger partial charge in [0.25, 0.3) is 0 Å². The summed E-state index contributed by atoms with van der Waals surface area (Å²) in [6.45, 7) is 2.31. The van der Waals surface area contributed by atoms with Gasteiger partial charge in [0.15, 0.2) is 0 Å². The smallest absolute Gasteiger partial charge is 0.0352 e. The molecule has 0 bridgehead atoms. The van der Waals surface area contributed by atoms with Crippen molar-refractivity contribution in [1.29, 1.82) is 0 Å². The van der Waals surface area contributed by atoms with Crippen LogP contribution in [0.3, 0.4) is 0 Å². The Bertz CT molecular complexity index is 372. The van der Waals surface area contributed by atoms with E-state index in [1.54, 1.807) is 70.6 Å². The number of unbranched alkanes of at least 4 members (excludes halogenated alkanes) is 10. The van der Waals surface area contributed by atoms with Gasteiger partial charge in [0.05, 0.1) is 0 Å². The molecular formula is C27H50. The molecule has 0 saturated heterocycles. The van der Waals surface area contributed by atoms with Gasteiger partial charge in [-0.3, -0.25) is 0 Å². The summed E-state index contributed by atoms with van der Waals surface area (Å²) in [5.41, 5.74) is 0. The summed E-state index contributed by atoms with van der Waals surface area (Å²) in [5, 5.41) is 0. The third-order valence-corrected chi connectivity index (χ3v) is 8.83. The molecule has 3 saturated carbocycles. The lowest BCUT2D eigenvalue weighted by atomic mass is 9.55. The zero-order valence-electron chi connectivity index (χ0n) is 18.7. The Hall–Kier alpha value is 0. The molecule has 5 unspecified atom stereocenters. The average molecular weight is 375 g/mol. The van der Waals surface area contributed by atoms with Crippen molar-refractivity contribution in [3.05, 3.63) is 0 Å². The quantitative estimate of drug-likeness (QED) is 0.298. The molecule has 0 amide bonds. The van der Waals surface area contributed by atoms with E-state index in [1.807, 2.05) is 0 Å². The molecule has 0 nitrogen and oxygen atoms in total. The minimum Gasteiger partial charge on any atom is -0.0654 e. The van der Waals surface area contributed by atoms with Gasteiger partial charge in [-0.1, -0.05) is 116 Å². The highest BCUT2D eigenvalue weighted by atomic mass is 14.5. The van der Waals surface area contributed by atoms with E-state index in [1.165, 1.54) is 64.2 Å². The zero-order chi connectivity index (χ0) is 18.7. The monoisotopic (exact) mass is 374 g/mol. The van der Waals surface area contributed by atoms with Crippen molar-refractivity contribution in [2.75, 3.05) is 0 Å². The molecule has 0 heteroatoms. The Kier molecular flexibility index (Phi) is 10.1. The minimum atomic E-state index is 1.12. The minimum absolute atomic E-state index is 1.12. The van der Waals surface area contributed by atoms with Gasteiger partial charge in [-0.15, -0.1) is 0 Å². The predicted octanol–water partition coefficient (Wildman–Crippen LogP) is 9.32. The maximum absolute atomic E-state index is 2.31. The molecular weight excluding hydrogens is 324 g/mol. The molecule has 0 aromatic carbocycles. The first-order valence-corrected chi connectivity index (χ1v) is 13.4. The fraction of sp³-hybridized carbons (Fsp3) is 1.00. The Balaban J connectivity index is 1.24. The Morgan fingerprint density at radius 1 is 0.481 bits per heavy atom. The van der Waals surface area contributed by atoms with Crippen LogP contribution in [0.15, 0.2) is 0 Å². The van der Waals surface area contributed by atoms with Crippen LogP contribution in [-0.4, -0.2) is 0 Å². The fourth-order valence-corrected chi connectivity index (χ4v) is 7.37. The third kappa shape index (κ3) is 6.78. The summed E-state index contributed by atoms with van der Waals surface area (Å²) in [7, 11) is 0. The lowest BCUT2D eigenvalue weighted by molar-refractivity contribution is -0.00637. The van der Waals surface area contributed by atoms with Crippen LogP contribution in [0.4, 0.5) is 0 Å². The summed E-state index contributed by atoms with van der Waals surface area (Å²) in [6.07, 6.45) is 32.2. The highest BCUT2D eigenvalue weighted by Crippen LogP contribution is 2.53. The second-order valence-corrected chi connectivity index (χ2v) is 10.6. The van der Waals surface area contributed by atoms with Gasteiger partial charge in [-0.2, -0.15) is 0 Å². The van der Waals surface area contributed by atoms with Crippen molar-refractivity contribution in [2.45, 2.75) is 142 Å². The van der Waals surface area contributed by atoms with Gasteiger partial charge in [-0.25, -0.2) is 0 Å². The van der Waals surface area contributed by atoms with Crippen molar-refractivity contribution < 1.29 is 0 Å². The highest BCUT2D eigenvalue weighted by molar-refractivity contribution is 4.94. The number of hydrogen-bond donors (Lipinski definition) is 0. The van der Waals surface area contributed by atoms with E-state index in [2.05, 4.69) is 6.92 Å². The average Bonchev–Trinajstić information content (AvgIpc) is 2.72. The maximum Gasteiger partial charge on any atom is -0.0352 e. The van der Waals surface area contributed by atoms with Gasteiger partial charge in [-0.05, 0) is 55.3 Å². The van der Waals surface area contributed by atoms with Crippen molar-refractivity contribution in [3.63, 3.8) is 0 Å². The molecule has 27 heavy (non-hydrogen) atoms. The molecule has 0 heterocycles. The van der Waals surface area contributed by atoms with Gasteiger partial charge in [0.2, 0.25) is 0 Å². The second-order valence-electron chi connectivity index (χ2n) is 10.6. The second kappa shape index (κ2) is 12.5. The molecule has 3 fully saturated rings. The van der Waals surface area contributed by atoms with Gasteiger partial charge in [0.1, 0.15) is 0 Å². The van der Waals surface area contributed by atoms with Crippen LogP contribution in [0.2, 0.25) is 0 Å². The van der Waals surface area contributed by atoms with Crippen molar-refractivity contribution in [2.24, 2.45) is 29.6 Å². The molecule has 0 aromatic rings. The summed E-state index contributed by atoms with van der Waals surface area (Å²) >= 11 is 0. The lowest BCUT2D eigenvalue weighted by Gasteiger charge is -2.51. The molecule has 0 radical (unpaired) electrons. The topological polar surface area (TPSA) is 0 Å². The largest absolute Gasteiger partial charge is 0.0654 e. The summed E-state index contributed by atoms with van der Waals surface area (Å²) in [4.78, 5) is 0. The molecule has 3 rings (SSSR count). The van der Waals surface area contributed by atoms with Crippen LogP contribution in [-0.2, 0) is 0 Å². The molecule has 0 aromatic heterocycles. The summed E-state index contributed by atoms with van der Waals surface area (Å²) < 4.78 is 0. The molecule has 3 aliphatic carbocycles. The molecule has 0 spiro atoms. The van der Waals surface area contributed by atoms with Crippen molar-refractivity contribution in [3.8, 4) is 0 Å². The summed E-state index contributed by atoms with van der Waals surface area (Å²) in [6, 6.07) is 0. The van der Waals surface area contributed by atoms with Gasteiger partial charge in [0, 0.05) is 0 Å². The van der Waals surface area contributed by atoms with E-state index in [-0.39, 0.29) is 0 Å². The standard InChI is InChI=1S/C27H50/c1-2-3-4-5-6-7-8-9-10-11-12-16-23-18-15-20-27-25-19-14-13-17-24(25)21-22-26(23)27/h23-27H,2-22H2,1H3. The first kappa shape index (κ1) is 21.7. The van der Waals surface area contributed by atoms with E-state index in [9.17, 15) is 0 Å². The van der Waals surface area contributed by atoms with E-state index in [0.717, 1.165) is 29.6 Å². The van der Waals surface area contributed by atoms with Gasteiger partial charge < -0.3 is 0 Å². The number of rotatable bonds is 12. The molecule has 3 aliphatic rings. The zero-order valence-corrected chi connectivity index (χ0v) is 18.7. The van der Waals surface area contributed by atoms with Crippen LogP contribution in [0.25, 0.3) is 0 Å². The molecule has 158 valence electrons. The molecule has 5 atom stereocenters. The first-order chi connectivity index (χ1) is 13.4. The van der Waals surface area contributed by atoms with E-state index < -0.39 is 0 Å². The van der Waals surface area contributed by atoms with Gasteiger partial charge >= 0.3 is 0 Å². The van der Waals surface area contributed by atoms with E-state index in [0.29, 0.717) is 0 Å². The van der Waals surface area contributed by atoms with Crippen molar-refractivity contribution >= 4 is 0 Å². The van der Waals surface area contributed by atoms with Crippen LogP contribution in [0, 0.1) is 29.6 Å². The Labute approximate surface area is 171 Å². The van der Waals surface area contributed by atoms with Crippen LogP contribution in [0.1, 0.15) is 142 Å². The lowest BCUT2D eigenvalue weighted by Crippen LogP contribution is -2.41. The fourth-order valence-electron chi connectivity index (χ4n) is 7.37. The SMILES string of the molecule is CCCCCCCCCCCCCC1CCCC2C3CCCCC3CCC12. The van der Waals surface area contributed by atoms with Crippen LogP contribution >= 0.6 is 0 Å². The van der Waals surface area contributed by atoms with Crippen molar-refractivity contribution in [1.82, 2.24) is 0 Å². The van der Waals surface area contributed by atoms with E-state index >= 15 is 0 Å². The molecule has 0 aliphatic heterocycles. The van der Waals surface area contributed by atoms with Crippen LogP contribution < -0.4 is 0 Å². The molecule has 0 N–H and O–H groups in total. The normalized spacial score (nSPS) is 33.4. The highest BCUT2D eigenvalue weighted by Gasteiger charge is 2.44.